The van der Waals surface area contributed by atoms with Crippen molar-refractivity contribution in [1.82, 2.24) is 14.5 Å². The zero-order valence-corrected chi connectivity index (χ0v) is 21.2. The maximum atomic E-state index is 4.40. The molecule has 3 nitrogen and oxygen atoms in total. The number of hydrogen-bond donors (Lipinski definition) is 0. The number of para-hydroxylation sites is 1. The van der Waals surface area contributed by atoms with Crippen molar-refractivity contribution >= 4 is 53.3 Å². The van der Waals surface area contributed by atoms with E-state index in [1.54, 1.807) is 0 Å². The van der Waals surface area contributed by atoms with Gasteiger partial charge in [-0.2, -0.15) is 0 Å². The van der Waals surface area contributed by atoms with Crippen LogP contribution in [-0.2, 0) is 0 Å². The molecule has 0 bridgehead atoms. The third-order valence-electron chi connectivity index (χ3n) is 7.35. The van der Waals surface area contributed by atoms with Crippen LogP contribution in [0, 0.1) is 0 Å². The number of thiophene rings is 1. The summed E-state index contributed by atoms with van der Waals surface area (Å²) in [5, 5.41) is 5.15. The zero-order valence-electron chi connectivity index (χ0n) is 20.4. The Morgan fingerprint density at radius 2 is 1.18 bits per heavy atom. The summed E-state index contributed by atoms with van der Waals surface area (Å²) in [5.74, 6) is 0. The molecule has 38 heavy (non-hydrogen) atoms. The highest BCUT2D eigenvalue weighted by atomic mass is 32.1. The van der Waals surface area contributed by atoms with Crippen LogP contribution in [0.5, 0.6) is 0 Å². The monoisotopic (exact) mass is 503 g/mol. The third kappa shape index (κ3) is 3.21. The SMILES string of the molecule is c1cncc(-c2cc(-c3cccnc3)cc(-n3c4ccccc4c4ccc5c6ccccc6sc5c43)c2)c1. The zero-order chi connectivity index (χ0) is 25.1. The number of nitrogens with zero attached hydrogens (tertiary/aromatic N) is 3. The molecule has 8 aromatic rings. The molecule has 0 aliphatic heterocycles. The summed E-state index contributed by atoms with van der Waals surface area (Å²) in [4.78, 5) is 8.81. The lowest BCUT2D eigenvalue weighted by Gasteiger charge is -2.14. The van der Waals surface area contributed by atoms with Gasteiger partial charge in [-0.1, -0.05) is 60.7 Å². The standard InChI is InChI=1S/C34H21N3S/c1-3-11-31-27(9-1)29-13-14-30-28-10-2-4-12-32(28)38-34(30)33(29)37(31)26-18-24(22-7-5-15-35-20-22)17-25(19-26)23-8-6-16-36-21-23/h1-21H. The molecule has 0 aliphatic carbocycles. The van der Waals surface area contributed by atoms with Gasteiger partial charge in [0, 0.05) is 67.8 Å². The Bertz CT molecular complexity index is 2070. The van der Waals surface area contributed by atoms with E-state index in [2.05, 4.69) is 106 Å². The first-order valence-electron chi connectivity index (χ1n) is 12.6. The Labute approximate surface area is 223 Å². The summed E-state index contributed by atoms with van der Waals surface area (Å²) < 4.78 is 5.07. The summed E-state index contributed by atoms with van der Waals surface area (Å²) in [6.45, 7) is 0. The van der Waals surface area contributed by atoms with Gasteiger partial charge in [0.15, 0.2) is 0 Å². The highest BCUT2D eigenvalue weighted by molar-refractivity contribution is 7.26. The minimum Gasteiger partial charge on any atom is -0.308 e. The van der Waals surface area contributed by atoms with Crippen molar-refractivity contribution in [2.75, 3.05) is 0 Å². The number of fused-ring (bicyclic) bond motifs is 7. The molecule has 178 valence electrons. The maximum absolute atomic E-state index is 4.40. The fourth-order valence-electron chi connectivity index (χ4n) is 5.64. The highest BCUT2D eigenvalue weighted by Gasteiger charge is 2.18. The Balaban J connectivity index is 1.53. The molecular weight excluding hydrogens is 482 g/mol. The average molecular weight is 504 g/mol. The first-order valence-corrected chi connectivity index (χ1v) is 13.5. The highest BCUT2D eigenvalue weighted by Crippen LogP contribution is 2.43. The third-order valence-corrected chi connectivity index (χ3v) is 8.54. The van der Waals surface area contributed by atoms with Crippen molar-refractivity contribution in [2.45, 2.75) is 0 Å². The summed E-state index contributed by atoms with van der Waals surface area (Å²) in [6, 6.07) is 37.1. The van der Waals surface area contributed by atoms with Gasteiger partial charge in [0.2, 0.25) is 0 Å². The Morgan fingerprint density at radius 3 is 1.89 bits per heavy atom. The molecule has 0 saturated heterocycles. The maximum Gasteiger partial charge on any atom is 0.0719 e. The number of hydrogen-bond acceptors (Lipinski definition) is 3. The van der Waals surface area contributed by atoms with E-state index in [9.17, 15) is 0 Å². The average Bonchev–Trinajstić information content (AvgIpc) is 3.54. The van der Waals surface area contributed by atoms with E-state index < -0.39 is 0 Å². The molecule has 4 heterocycles. The van der Waals surface area contributed by atoms with Crippen LogP contribution in [0.25, 0.3) is 69.9 Å². The lowest BCUT2D eigenvalue weighted by atomic mass is 9.99. The molecule has 0 unspecified atom stereocenters. The lowest BCUT2D eigenvalue weighted by molar-refractivity contribution is 1.19. The minimum atomic E-state index is 1.09. The van der Waals surface area contributed by atoms with Crippen LogP contribution in [0.15, 0.2) is 128 Å². The first-order chi connectivity index (χ1) is 18.8. The van der Waals surface area contributed by atoms with Gasteiger partial charge < -0.3 is 4.57 Å². The molecule has 0 fully saturated rings. The molecule has 4 aromatic carbocycles. The molecule has 0 atom stereocenters. The fourth-order valence-corrected chi connectivity index (χ4v) is 6.88. The summed E-state index contributed by atoms with van der Waals surface area (Å²) >= 11 is 1.88. The predicted octanol–water partition coefficient (Wildman–Crippen LogP) is 9.28. The largest absolute Gasteiger partial charge is 0.308 e. The summed E-state index contributed by atoms with van der Waals surface area (Å²) in [5.41, 5.74) is 8.02. The molecule has 0 amide bonds. The summed E-state index contributed by atoms with van der Waals surface area (Å²) in [6.07, 6.45) is 7.51. The van der Waals surface area contributed by atoms with Gasteiger partial charge in [-0.3, -0.25) is 9.97 Å². The second kappa shape index (κ2) is 8.37. The molecule has 4 heteroatoms. The van der Waals surface area contributed by atoms with Crippen molar-refractivity contribution in [2.24, 2.45) is 0 Å². The number of aromatic nitrogens is 3. The van der Waals surface area contributed by atoms with Crippen LogP contribution in [0.1, 0.15) is 0 Å². The van der Waals surface area contributed by atoms with Gasteiger partial charge in [-0.15, -0.1) is 11.3 Å². The molecule has 0 radical (unpaired) electrons. The van der Waals surface area contributed by atoms with Crippen LogP contribution in [-0.4, -0.2) is 14.5 Å². The van der Waals surface area contributed by atoms with Crippen LogP contribution < -0.4 is 0 Å². The van der Waals surface area contributed by atoms with Crippen molar-refractivity contribution in [3.8, 4) is 27.9 Å². The summed E-state index contributed by atoms with van der Waals surface area (Å²) in [7, 11) is 0. The molecule has 0 spiro atoms. The number of benzene rings is 4. The number of pyridine rings is 2. The van der Waals surface area contributed by atoms with Gasteiger partial charge in [-0.25, -0.2) is 0 Å². The van der Waals surface area contributed by atoms with Crippen LogP contribution in [0.4, 0.5) is 0 Å². The van der Waals surface area contributed by atoms with E-state index in [0.717, 1.165) is 27.9 Å². The van der Waals surface area contributed by atoms with Crippen LogP contribution in [0.3, 0.4) is 0 Å². The second-order valence-electron chi connectivity index (χ2n) is 9.54. The van der Waals surface area contributed by atoms with Gasteiger partial charge in [0.1, 0.15) is 0 Å². The van der Waals surface area contributed by atoms with Crippen molar-refractivity contribution in [3.05, 3.63) is 128 Å². The first kappa shape index (κ1) is 21.3. The predicted molar refractivity (Wildman–Crippen MR) is 160 cm³/mol. The molecule has 0 saturated carbocycles. The van der Waals surface area contributed by atoms with E-state index in [1.807, 2.05) is 48.3 Å². The van der Waals surface area contributed by atoms with Gasteiger partial charge >= 0.3 is 0 Å². The van der Waals surface area contributed by atoms with E-state index >= 15 is 0 Å². The molecule has 4 aromatic heterocycles. The molecular formula is C34H21N3S. The smallest absolute Gasteiger partial charge is 0.0719 e. The van der Waals surface area contributed by atoms with E-state index in [1.165, 1.54) is 42.0 Å². The van der Waals surface area contributed by atoms with Crippen molar-refractivity contribution in [1.29, 1.82) is 0 Å². The molecule has 0 N–H and O–H groups in total. The molecule has 0 aliphatic rings. The topological polar surface area (TPSA) is 30.7 Å². The van der Waals surface area contributed by atoms with Crippen LogP contribution >= 0.6 is 11.3 Å². The molecule has 8 rings (SSSR count). The van der Waals surface area contributed by atoms with Gasteiger partial charge in [0.25, 0.3) is 0 Å². The van der Waals surface area contributed by atoms with Crippen molar-refractivity contribution < 1.29 is 0 Å². The van der Waals surface area contributed by atoms with E-state index in [4.69, 9.17) is 0 Å². The van der Waals surface area contributed by atoms with Crippen molar-refractivity contribution in [3.63, 3.8) is 0 Å². The van der Waals surface area contributed by atoms with Crippen LogP contribution in [0.2, 0.25) is 0 Å². The lowest BCUT2D eigenvalue weighted by Crippen LogP contribution is -1.96. The van der Waals surface area contributed by atoms with Gasteiger partial charge in [-0.05, 0) is 53.6 Å². The quantitative estimate of drug-likeness (QED) is 0.240. The van der Waals surface area contributed by atoms with E-state index in [0.29, 0.717) is 0 Å². The minimum absolute atomic E-state index is 1.09. The van der Waals surface area contributed by atoms with E-state index in [-0.39, 0.29) is 0 Å². The van der Waals surface area contributed by atoms with Gasteiger partial charge in [0.05, 0.1) is 15.7 Å². The normalized spacial score (nSPS) is 11.7. The Kier molecular flexibility index (Phi) is 4.69. The Morgan fingerprint density at radius 1 is 0.526 bits per heavy atom. The Hall–Kier alpha value is -4.80. The second-order valence-corrected chi connectivity index (χ2v) is 10.6. The number of rotatable bonds is 3. The fraction of sp³-hybridized carbons (Fsp3) is 0.